The highest BCUT2D eigenvalue weighted by atomic mass is 35.5. The lowest BCUT2D eigenvalue weighted by molar-refractivity contribution is -0.134. The third-order valence-electron chi connectivity index (χ3n) is 9.42. The van der Waals surface area contributed by atoms with E-state index in [9.17, 15) is 22.8 Å². The molecule has 0 bridgehead atoms. The van der Waals surface area contributed by atoms with E-state index in [-0.39, 0.29) is 40.0 Å². The molecule has 1 aromatic carbocycles. The van der Waals surface area contributed by atoms with Crippen molar-refractivity contribution in [1.82, 2.24) is 19.1 Å². The summed E-state index contributed by atoms with van der Waals surface area (Å²) < 4.78 is 45.4. The highest BCUT2D eigenvalue weighted by Gasteiger charge is 2.43. The van der Waals surface area contributed by atoms with E-state index in [1.165, 1.54) is 23.1 Å². The Morgan fingerprint density at radius 3 is 2.49 bits per heavy atom. The van der Waals surface area contributed by atoms with Gasteiger partial charge in [-0.05, 0) is 95.1 Å². The number of anilines is 2. The van der Waals surface area contributed by atoms with E-state index >= 15 is 4.39 Å². The zero-order valence-corrected chi connectivity index (χ0v) is 28.8. The topological polar surface area (TPSA) is 114 Å². The number of halogens is 2. The first-order valence-corrected chi connectivity index (χ1v) is 18.5. The smallest absolute Gasteiger partial charge is 0.253 e. The molecule has 1 atom stereocenters. The lowest BCUT2D eigenvalue weighted by atomic mass is 10.0. The minimum absolute atomic E-state index is 0.000676. The van der Waals surface area contributed by atoms with E-state index in [1.807, 2.05) is 7.05 Å². The number of hydrogen-bond acceptors (Lipinski definition) is 8. The van der Waals surface area contributed by atoms with Gasteiger partial charge in [0.15, 0.2) is 0 Å². The summed E-state index contributed by atoms with van der Waals surface area (Å²) in [5.74, 6) is -1.80. The highest BCUT2D eigenvalue weighted by molar-refractivity contribution is 7.91. The normalized spacial score (nSPS) is 20.4. The molecule has 0 saturated carbocycles. The van der Waals surface area contributed by atoms with Crippen molar-refractivity contribution >= 4 is 72.3 Å². The quantitative estimate of drug-likeness (QED) is 0.321. The molecule has 3 aliphatic heterocycles. The maximum Gasteiger partial charge on any atom is 0.253 e. The van der Waals surface area contributed by atoms with E-state index in [2.05, 4.69) is 9.88 Å². The van der Waals surface area contributed by atoms with Crippen LogP contribution in [0.1, 0.15) is 44.9 Å². The van der Waals surface area contributed by atoms with E-state index in [1.54, 1.807) is 35.0 Å². The zero-order valence-electron chi connectivity index (χ0n) is 26.4. The third-order valence-corrected chi connectivity index (χ3v) is 13.0. The lowest BCUT2D eigenvalue weighted by Crippen LogP contribution is -2.57. The van der Waals surface area contributed by atoms with Crippen LogP contribution < -0.4 is 9.80 Å². The molecular formula is C32H38ClFN6O5S2. The van der Waals surface area contributed by atoms with E-state index in [0.29, 0.717) is 35.3 Å². The third kappa shape index (κ3) is 6.89. The van der Waals surface area contributed by atoms with Crippen LogP contribution in [0.15, 0.2) is 40.6 Å². The highest BCUT2D eigenvalue weighted by Crippen LogP contribution is 2.35. The molecule has 47 heavy (non-hydrogen) atoms. The molecule has 3 amide bonds. The predicted molar refractivity (Wildman–Crippen MR) is 180 cm³/mol. The van der Waals surface area contributed by atoms with Crippen molar-refractivity contribution in [3.63, 3.8) is 0 Å². The molecule has 1 unspecified atom stereocenters. The van der Waals surface area contributed by atoms with Gasteiger partial charge in [-0.25, -0.2) is 17.8 Å². The maximum atomic E-state index is 15.7. The fourth-order valence-corrected chi connectivity index (χ4v) is 9.86. The molecular weight excluding hydrogens is 667 g/mol. The number of likely N-dealkylation sites (tertiary alicyclic amines) is 1. The number of thiophene rings is 1. The first-order valence-electron chi connectivity index (χ1n) is 15.9. The second kappa shape index (κ2) is 13.7. The maximum absolute atomic E-state index is 15.7. The fourth-order valence-electron chi connectivity index (χ4n) is 6.63. The molecule has 0 aliphatic carbocycles. The van der Waals surface area contributed by atoms with E-state index in [0.717, 1.165) is 54.4 Å². The van der Waals surface area contributed by atoms with Crippen LogP contribution in [0.5, 0.6) is 0 Å². The van der Waals surface area contributed by atoms with Gasteiger partial charge in [0.2, 0.25) is 17.7 Å². The molecule has 0 spiro atoms. The van der Waals surface area contributed by atoms with Gasteiger partial charge in [0.1, 0.15) is 26.1 Å². The summed E-state index contributed by atoms with van der Waals surface area (Å²) in [7, 11) is -0.701. The molecule has 3 saturated heterocycles. The Labute approximate surface area is 282 Å². The Hall–Kier alpha value is -3.17. The van der Waals surface area contributed by atoms with Crippen LogP contribution >= 0.6 is 22.9 Å². The number of likely N-dealkylation sites (N-methyl/N-ethyl adjacent to an activating group) is 1. The van der Waals surface area contributed by atoms with Gasteiger partial charge in [-0.3, -0.25) is 14.4 Å². The molecule has 6 rings (SSSR count). The SMILES string of the molecule is CN1CCC(N(C)C(=O)CN(C2CCCN(c3ccc(N4CCCCC4=O)cc3F)C2=O)S(=O)(=O)c2cc3ccc(Cl)nc3s2)CC1. The largest absolute Gasteiger partial charge is 0.342 e. The molecule has 3 aliphatic rings. The number of aromatic nitrogens is 1. The van der Waals surface area contributed by atoms with Crippen LogP contribution in [-0.4, -0.2) is 104 Å². The van der Waals surface area contributed by atoms with E-state index in [4.69, 9.17) is 11.6 Å². The summed E-state index contributed by atoms with van der Waals surface area (Å²) in [6.07, 6.45) is 4.06. The molecule has 3 aromatic rings. The molecule has 15 heteroatoms. The number of piperidine rings is 3. The summed E-state index contributed by atoms with van der Waals surface area (Å²) in [6.45, 7) is 1.75. The monoisotopic (exact) mass is 704 g/mol. The van der Waals surface area contributed by atoms with Crippen molar-refractivity contribution in [2.45, 2.75) is 61.2 Å². The Kier molecular flexibility index (Phi) is 9.86. The number of pyridine rings is 1. The minimum Gasteiger partial charge on any atom is -0.342 e. The van der Waals surface area contributed by atoms with Crippen molar-refractivity contribution in [2.75, 3.05) is 56.6 Å². The first-order chi connectivity index (χ1) is 22.4. The minimum atomic E-state index is -4.39. The molecule has 2 aromatic heterocycles. The van der Waals surface area contributed by atoms with Crippen LogP contribution in [0.3, 0.4) is 0 Å². The number of hydrogen-bond donors (Lipinski definition) is 0. The molecule has 0 radical (unpaired) electrons. The van der Waals surface area contributed by atoms with Crippen LogP contribution in [0, 0.1) is 5.82 Å². The number of carbonyl (C=O) groups excluding carboxylic acids is 3. The lowest BCUT2D eigenvalue weighted by Gasteiger charge is -2.39. The van der Waals surface area contributed by atoms with Gasteiger partial charge in [-0.2, -0.15) is 4.31 Å². The second-order valence-corrected chi connectivity index (χ2v) is 16.0. The molecule has 5 heterocycles. The van der Waals surface area contributed by atoms with E-state index < -0.39 is 40.2 Å². The number of fused-ring (bicyclic) bond motifs is 1. The Bertz CT molecular complexity index is 1800. The molecule has 11 nitrogen and oxygen atoms in total. The van der Waals surface area contributed by atoms with Crippen molar-refractivity contribution in [3.8, 4) is 0 Å². The summed E-state index contributed by atoms with van der Waals surface area (Å²) >= 11 is 6.98. The number of sulfonamides is 1. The van der Waals surface area contributed by atoms with Crippen LogP contribution in [0.2, 0.25) is 5.15 Å². The summed E-state index contributed by atoms with van der Waals surface area (Å²) in [5.41, 5.74) is 0.419. The van der Waals surface area contributed by atoms with Gasteiger partial charge in [0, 0.05) is 43.7 Å². The molecule has 252 valence electrons. The standard InChI is InChI=1S/C32H38ClFN6O5S2/c1-36-16-12-22(13-17-36)37(2)29(42)20-40(47(44,45)30-18-21-8-11-27(33)35-31(21)46-30)26-6-5-15-39(32(26)43)25-10-9-23(19-24(25)34)38-14-4-3-7-28(38)41/h8-11,18-19,22,26H,3-7,12-17,20H2,1-2H3. The molecule has 0 N–H and O–H groups in total. The summed E-state index contributed by atoms with van der Waals surface area (Å²) in [6, 6.07) is 7.73. The fraction of sp³-hybridized carbons (Fsp3) is 0.500. The predicted octanol–water partition coefficient (Wildman–Crippen LogP) is 4.34. The van der Waals surface area contributed by atoms with Crippen LogP contribution in [-0.2, 0) is 24.4 Å². The van der Waals surface area contributed by atoms with Crippen molar-refractivity contribution in [2.24, 2.45) is 0 Å². The average molecular weight is 705 g/mol. The number of rotatable bonds is 8. The first kappa shape index (κ1) is 33.7. The van der Waals surface area contributed by atoms with Crippen molar-refractivity contribution < 1.29 is 27.2 Å². The zero-order chi connectivity index (χ0) is 33.5. The van der Waals surface area contributed by atoms with Crippen molar-refractivity contribution in [3.05, 3.63) is 47.4 Å². The van der Waals surface area contributed by atoms with Gasteiger partial charge >= 0.3 is 0 Å². The van der Waals surface area contributed by atoms with Crippen molar-refractivity contribution in [1.29, 1.82) is 0 Å². The number of carbonyl (C=O) groups is 3. The van der Waals surface area contributed by atoms with Gasteiger partial charge in [0.05, 0.1) is 12.2 Å². The Balaban J connectivity index is 1.32. The van der Waals surface area contributed by atoms with Crippen LogP contribution in [0.25, 0.3) is 10.2 Å². The number of nitrogens with zero attached hydrogens (tertiary/aromatic N) is 6. The van der Waals surface area contributed by atoms with Gasteiger partial charge in [-0.1, -0.05) is 11.6 Å². The van der Waals surface area contributed by atoms with Gasteiger partial charge in [0.25, 0.3) is 10.0 Å². The Morgan fingerprint density at radius 2 is 1.77 bits per heavy atom. The van der Waals surface area contributed by atoms with Crippen LogP contribution in [0.4, 0.5) is 15.8 Å². The summed E-state index contributed by atoms with van der Waals surface area (Å²) in [5, 5.41) is 0.782. The van der Waals surface area contributed by atoms with Gasteiger partial charge in [-0.15, -0.1) is 11.3 Å². The molecule has 3 fully saturated rings. The second-order valence-electron chi connectivity index (χ2n) is 12.5. The van der Waals surface area contributed by atoms with Gasteiger partial charge < -0.3 is 19.6 Å². The number of benzene rings is 1. The Morgan fingerprint density at radius 1 is 1.02 bits per heavy atom. The number of amides is 3. The summed E-state index contributed by atoms with van der Waals surface area (Å²) in [4.78, 5) is 51.6. The average Bonchev–Trinajstić information content (AvgIpc) is 3.48.